The SMILES string of the molecule is COc1ccc(-c2ccc(C(=O)Nc3nccs3)cc2)cc1C1CCC([C@@H]2C[C@H]3CC[C@H]2C3)CC1. The number of fused-ring (bicyclic) bond motifs is 2. The summed E-state index contributed by atoms with van der Waals surface area (Å²) in [5, 5.41) is 5.32. The van der Waals surface area contributed by atoms with Gasteiger partial charge in [-0.2, -0.15) is 0 Å². The van der Waals surface area contributed by atoms with Crippen molar-refractivity contribution in [3.8, 4) is 16.9 Å². The van der Waals surface area contributed by atoms with E-state index in [1.165, 1.54) is 73.8 Å². The van der Waals surface area contributed by atoms with Crippen LogP contribution in [-0.2, 0) is 0 Å². The Kier molecular flexibility index (Phi) is 6.36. The first kappa shape index (κ1) is 22.8. The van der Waals surface area contributed by atoms with E-state index in [4.69, 9.17) is 4.74 Å². The molecule has 0 spiro atoms. The van der Waals surface area contributed by atoms with Crippen LogP contribution in [0.25, 0.3) is 11.1 Å². The Morgan fingerprint density at radius 3 is 2.37 bits per heavy atom. The number of hydrogen-bond donors (Lipinski definition) is 1. The fraction of sp³-hybridized carbons (Fsp3) is 0.467. The molecule has 0 unspecified atom stereocenters. The Hall–Kier alpha value is -2.66. The summed E-state index contributed by atoms with van der Waals surface area (Å²) in [6.07, 6.45) is 13.0. The molecule has 6 rings (SSSR count). The molecule has 3 aliphatic rings. The maximum Gasteiger partial charge on any atom is 0.257 e. The molecule has 0 saturated heterocycles. The lowest BCUT2D eigenvalue weighted by Gasteiger charge is -2.36. The van der Waals surface area contributed by atoms with Gasteiger partial charge in [-0.3, -0.25) is 10.1 Å². The highest BCUT2D eigenvalue weighted by atomic mass is 32.1. The van der Waals surface area contributed by atoms with Gasteiger partial charge in [-0.15, -0.1) is 11.3 Å². The Morgan fingerprint density at radius 2 is 1.71 bits per heavy atom. The van der Waals surface area contributed by atoms with Crippen LogP contribution < -0.4 is 10.1 Å². The van der Waals surface area contributed by atoms with Gasteiger partial charge in [0.15, 0.2) is 5.13 Å². The highest BCUT2D eigenvalue weighted by Crippen LogP contribution is 2.55. The number of nitrogens with zero attached hydrogens (tertiary/aromatic N) is 1. The number of aromatic nitrogens is 1. The Bertz CT molecular complexity index is 1170. The largest absolute Gasteiger partial charge is 0.496 e. The number of ether oxygens (including phenoxy) is 1. The lowest BCUT2D eigenvalue weighted by atomic mass is 9.69. The van der Waals surface area contributed by atoms with Gasteiger partial charge in [-0.25, -0.2) is 4.98 Å². The van der Waals surface area contributed by atoms with Crippen LogP contribution in [0.1, 0.15) is 73.2 Å². The number of hydrogen-bond acceptors (Lipinski definition) is 4. The average Bonchev–Trinajstić information content (AvgIpc) is 3.68. The topological polar surface area (TPSA) is 51.2 Å². The van der Waals surface area contributed by atoms with Crippen LogP contribution in [0.4, 0.5) is 5.13 Å². The number of rotatable bonds is 6. The lowest BCUT2D eigenvalue weighted by molar-refractivity contribution is 0.102. The van der Waals surface area contributed by atoms with Crippen molar-refractivity contribution in [1.29, 1.82) is 0 Å². The van der Waals surface area contributed by atoms with E-state index in [1.807, 2.05) is 29.6 Å². The second kappa shape index (κ2) is 9.77. The van der Waals surface area contributed by atoms with Crippen LogP contribution in [-0.4, -0.2) is 18.0 Å². The first-order valence-corrected chi connectivity index (χ1v) is 14.0. The third-order valence-electron chi connectivity index (χ3n) is 8.97. The van der Waals surface area contributed by atoms with Crippen LogP contribution in [0, 0.1) is 23.7 Å². The Labute approximate surface area is 212 Å². The molecule has 1 aromatic heterocycles. The van der Waals surface area contributed by atoms with E-state index in [1.54, 1.807) is 13.3 Å². The quantitative estimate of drug-likeness (QED) is 0.387. The summed E-state index contributed by atoms with van der Waals surface area (Å²) in [6, 6.07) is 14.4. The summed E-state index contributed by atoms with van der Waals surface area (Å²) in [5.74, 6) is 5.48. The molecule has 1 N–H and O–H groups in total. The van der Waals surface area contributed by atoms with Crippen molar-refractivity contribution in [3.05, 3.63) is 65.2 Å². The summed E-state index contributed by atoms with van der Waals surface area (Å²) < 4.78 is 5.80. The molecular weight excluding hydrogens is 452 g/mol. The van der Waals surface area contributed by atoms with Crippen LogP contribution >= 0.6 is 11.3 Å². The van der Waals surface area contributed by atoms with Gasteiger partial charge in [0, 0.05) is 17.1 Å². The molecule has 0 aliphatic heterocycles. The molecule has 2 aromatic carbocycles. The molecule has 5 heteroatoms. The van der Waals surface area contributed by atoms with Gasteiger partial charge < -0.3 is 4.74 Å². The Balaban J connectivity index is 1.15. The highest BCUT2D eigenvalue weighted by Gasteiger charge is 2.43. The number of carbonyl (C=O) groups is 1. The molecule has 3 fully saturated rings. The van der Waals surface area contributed by atoms with Crippen molar-refractivity contribution in [2.24, 2.45) is 23.7 Å². The predicted molar refractivity (Wildman–Crippen MR) is 142 cm³/mol. The van der Waals surface area contributed by atoms with Crippen molar-refractivity contribution in [2.45, 2.75) is 57.3 Å². The van der Waals surface area contributed by atoms with Crippen molar-refractivity contribution in [3.63, 3.8) is 0 Å². The number of thiazole rings is 1. The summed E-state index contributed by atoms with van der Waals surface area (Å²) in [6.45, 7) is 0. The van der Waals surface area contributed by atoms with Gasteiger partial charge >= 0.3 is 0 Å². The minimum absolute atomic E-state index is 0.130. The van der Waals surface area contributed by atoms with Gasteiger partial charge in [0.05, 0.1) is 7.11 Å². The first-order chi connectivity index (χ1) is 17.2. The smallest absolute Gasteiger partial charge is 0.257 e. The second-order valence-corrected chi connectivity index (χ2v) is 11.7. The predicted octanol–water partition coefficient (Wildman–Crippen LogP) is 7.78. The van der Waals surface area contributed by atoms with Gasteiger partial charge in [-0.05, 0) is 115 Å². The minimum Gasteiger partial charge on any atom is -0.496 e. The third-order valence-corrected chi connectivity index (χ3v) is 9.66. The normalized spacial score (nSPS) is 27.6. The molecule has 4 nitrogen and oxygen atoms in total. The van der Waals surface area contributed by atoms with E-state index < -0.39 is 0 Å². The zero-order valence-electron chi connectivity index (χ0n) is 20.4. The standard InChI is InChI=1S/C30H34N2O2S/c1-34-28-13-12-24(20-4-10-23(11-5-20)29(33)32-30-31-14-15-35-30)18-27(28)22-8-6-21(7-9-22)26-17-19-2-3-25(26)16-19/h4-5,10-15,18-19,21-22,25-26H,2-3,6-9,16-17H2,1H3,(H,31,32,33)/t19-,21?,22?,25-,26-/m0/s1. The minimum atomic E-state index is -0.130. The monoisotopic (exact) mass is 486 g/mol. The maximum atomic E-state index is 12.5. The molecule has 2 bridgehead atoms. The molecule has 3 saturated carbocycles. The van der Waals surface area contributed by atoms with Crippen molar-refractivity contribution >= 4 is 22.4 Å². The fourth-order valence-corrected chi connectivity index (χ4v) is 7.76. The maximum absolute atomic E-state index is 12.5. The molecule has 1 heterocycles. The van der Waals surface area contributed by atoms with E-state index >= 15 is 0 Å². The molecule has 182 valence electrons. The van der Waals surface area contributed by atoms with Crippen LogP contribution in [0.2, 0.25) is 0 Å². The average molecular weight is 487 g/mol. The third kappa shape index (κ3) is 4.63. The van der Waals surface area contributed by atoms with Crippen molar-refractivity contribution < 1.29 is 9.53 Å². The summed E-state index contributed by atoms with van der Waals surface area (Å²) in [4.78, 5) is 16.6. The van der Waals surface area contributed by atoms with E-state index in [-0.39, 0.29) is 5.91 Å². The number of anilines is 1. The molecule has 3 aromatic rings. The number of amides is 1. The van der Waals surface area contributed by atoms with Crippen LogP contribution in [0.15, 0.2) is 54.0 Å². The van der Waals surface area contributed by atoms with E-state index in [0.717, 1.165) is 35.0 Å². The van der Waals surface area contributed by atoms with Gasteiger partial charge in [-0.1, -0.05) is 24.6 Å². The lowest BCUT2D eigenvalue weighted by Crippen LogP contribution is -2.25. The van der Waals surface area contributed by atoms with E-state index in [9.17, 15) is 4.79 Å². The number of carbonyl (C=O) groups excluding carboxylic acids is 1. The Morgan fingerprint density at radius 1 is 0.943 bits per heavy atom. The first-order valence-electron chi connectivity index (χ1n) is 13.2. The molecule has 3 atom stereocenters. The molecule has 3 aliphatic carbocycles. The number of methoxy groups -OCH3 is 1. The zero-order valence-corrected chi connectivity index (χ0v) is 21.2. The molecule has 35 heavy (non-hydrogen) atoms. The van der Waals surface area contributed by atoms with Gasteiger partial charge in [0.1, 0.15) is 5.75 Å². The second-order valence-electron chi connectivity index (χ2n) is 10.8. The van der Waals surface area contributed by atoms with Crippen molar-refractivity contribution in [2.75, 3.05) is 12.4 Å². The van der Waals surface area contributed by atoms with Gasteiger partial charge in [0.2, 0.25) is 0 Å². The summed E-state index contributed by atoms with van der Waals surface area (Å²) in [7, 11) is 1.79. The van der Waals surface area contributed by atoms with Crippen LogP contribution in [0.5, 0.6) is 5.75 Å². The van der Waals surface area contributed by atoms with Gasteiger partial charge in [0.25, 0.3) is 5.91 Å². The highest BCUT2D eigenvalue weighted by molar-refractivity contribution is 7.13. The van der Waals surface area contributed by atoms with E-state index in [2.05, 4.69) is 28.5 Å². The molecule has 1 amide bonds. The number of nitrogens with one attached hydrogen (secondary N) is 1. The summed E-state index contributed by atoms with van der Waals surface area (Å²) >= 11 is 1.42. The molecule has 0 radical (unpaired) electrons. The van der Waals surface area contributed by atoms with Crippen molar-refractivity contribution in [1.82, 2.24) is 4.98 Å². The molecular formula is C30H34N2O2S. The summed E-state index contributed by atoms with van der Waals surface area (Å²) in [5.41, 5.74) is 4.29. The zero-order chi connectivity index (χ0) is 23.8. The van der Waals surface area contributed by atoms with E-state index in [0.29, 0.717) is 16.6 Å². The number of benzene rings is 2. The fourth-order valence-electron chi connectivity index (χ4n) is 7.23. The van der Waals surface area contributed by atoms with Crippen LogP contribution in [0.3, 0.4) is 0 Å².